The first kappa shape index (κ1) is 12.2. The van der Waals surface area contributed by atoms with Crippen molar-refractivity contribution in [1.82, 2.24) is 4.98 Å². The highest BCUT2D eigenvalue weighted by atomic mass is 35.5. The van der Waals surface area contributed by atoms with Crippen molar-refractivity contribution in [2.75, 3.05) is 24.3 Å². The number of pyridine rings is 1. The highest BCUT2D eigenvalue weighted by Crippen LogP contribution is 2.25. The molecule has 0 aliphatic carbocycles. The standard InChI is InChI=1S/C12H14ClN3S/c1-16(2)11-5-6-14-8-10(11)15-7-9-3-4-12(13)17-9/h3-6,8,15H,7H2,1-2H3. The zero-order valence-corrected chi connectivity index (χ0v) is 11.3. The van der Waals surface area contributed by atoms with Gasteiger partial charge in [0.05, 0.1) is 21.9 Å². The molecule has 0 unspecified atom stereocenters. The van der Waals surface area contributed by atoms with Crippen molar-refractivity contribution in [3.8, 4) is 0 Å². The Morgan fingerprint density at radius 1 is 1.35 bits per heavy atom. The van der Waals surface area contributed by atoms with Crippen molar-refractivity contribution in [3.63, 3.8) is 0 Å². The van der Waals surface area contributed by atoms with Gasteiger partial charge < -0.3 is 10.2 Å². The molecule has 0 saturated heterocycles. The highest BCUT2D eigenvalue weighted by Gasteiger charge is 2.04. The van der Waals surface area contributed by atoms with E-state index >= 15 is 0 Å². The number of halogens is 1. The zero-order chi connectivity index (χ0) is 12.3. The molecule has 0 atom stereocenters. The third-order valence-electron chi connectivity index (χ3n) is 2.36. The summed E-state index contributed by atoms with van der Waals surface area (Å²) >= 11 is 7.48. The van der Waals surface area contributed by atoms with E-state index in [1.54, 1.807) is 17.5 Å². The Labute approximate surface area is 110 Å². The molecule has 17 heavy (non-hydrogen) atoms. The second kappa shape index (κ2) is 5.38. The fourth-order valence-corrected chi connectivity index (χ4v) is 2.57. The van der Waals surface area contributed by atoms with E-state index < -0.39 is 0 Å². The predicted octanol–water partition coefficient (Wildman–Crippen LogP) is 3.47. The molecule has 0 radical (unpaired) electrons. The van der Waals surface area contributed by atoms with Gasteiger partial charge in [0.2, 0.25) is 0 Å². The van der Waals surface area contributed by atoms with E-state index in [1.807, 2.05) is 38.5 Å². The SMILES string of the molecule is CN(C)c1ccncc1NCc1ccc(Cl)s1. The number of nitrogens with one attached hydrogen (secondary N) is 1. The number of thiophene rings is 1. The van der Waals surface area contributed by atoms with Crippen LogP contribution < -0.4 is 10.2 Å². The molecule has 0 aliphatic rings. The van der Waals surface area contributed by atoms with E-state index in [0.717, 1.165) is 22.3 Å². The first-order chi connectivity index (χ1) is 8.16. The maximum Gasteiger partial charge on any atom is 0.0931 e. The van der Waals surface area contributed by atoms with Crippen molar-refractivity contribution in [3.05, 3.63) is 39.8 Å². The second-order valence-corrected chi connectivity index (χ2v) is 5.65. The van der Waals surface area contributed by atoms with Gasteiger partial charge in [-0.1, -0.05) is 11.6 Å². The molecule has 2 aromatic heterocycles. The fourth-order valence-electron chi connectivity index (χ4n) is 1.54. The van der Waals surface area contributed by atoms with Gasteiger partial charge in [-0.15, -0.1) is 11.3 Å². The largest absolute Gasteiger partial charge is 0.377 e. The summed E-state index contributed by atoms with van der Waals surface area (Å²) in [6, 6.07) is 5.94. The Morgan fingerprint density at radius 3 is 2.82 bits per heavy atom. The van der Waals surface area contributed by atoms with E-state index in [9.17, 15) is 0 Å². The fraction of sp³-hybridized carbons (Fsp3) is 0.250. The Morgan fingerprint density at radius 2 is 2.18 bits per heavy atom. The monoisotopic (exact) mass is 267 g/mol. The lowest BCUT2D eigenvalue weighted by molar-refractivity contribution is 1.10. The second-order valence-electron chi connectivity index (χ2n) is 3.85. The first-order valence-electron chi connectivity index (χ1n) is 5.26. The lowest BCUT2D eigenvalue weighted by atomic mass is 10.3. The topological polar surface area (TPSA) is 28.2 Å². The number of aromatic nitrogens is 1. The first-order valence-corrected chi connectivity index (χ1v) is 6.45. The van der Waals surface area contributed by atoms with Crippen LogP contribution in [0.15, 0.2) is 30.6 Å². The molecule has 0 aliphatic heterocycles. The van der Waals surface area contributed by atoms with Crippen molar-refractivity contribution in [2.45, 2.75) is 6.54 Å². The van der Waals surface area contributed by atoms with Crippen LogP contribution in [0.5, 0.6) is 0 Å². The third kappa shape index (κ3) is 3.11. The zero-order valence-electron chi connectivity index (χ0n) is 9.77. The summed E-state index contributed by atoms with van der Waals surface area (Å²) in [6.45, 7) is 0.768. The summed E-state index contributed by atoms with van der Waals surface area (Å²) in [5.74, 6) is 0. The van der Waals surface area contributed by atoms with Gasteiger partial charge in [0.15, 0.2) is 0 Å². The molecule has 0 aromatic carbocycles. The van der Waals surface area contributed by atoms with E-state index in [-0.39, 0.29) is 0 Å². The van der Waals surface area contributed by atoms with E-state index in [1.165, 1.54) is 4.88 Å². The van der Waals surface area contributed by atoms with Crippen LogP contribution in [0.1, 0.15) is 4.88 Å². The maximum absolute atomic E-state index is 5.89. The number of rotatable bonds is 4. The molecule has 2 rings (SSSR count). The normalized spacial score (nSPS) is 10.3. The minimum Gasteiger partial charge on any atom is -0.377 e. The van der Waals surface area contributed by atoms with Gasteiger partial charge in [0.25, 0.3) is 0 Å². The smallest absolute Gasteiger partial charge is 0.0931 e. The Balaban J connectivity index is 2.08. The predicted molar refractivity (Wildman–Crippen MR) is 75.2 cm³/mol. The molecule has 2 heterocycles. The van der Waals surface area contributed by atoms with Crippen molar-refractivity contribution in [1.29, 1.82) is 0 Å². The van der Waals surface area contributed by atoms with Gasteiger partial charge in [0.1, 0.15) is 0 Å². The van der Waals surface area contributed by atoms with Gasteiger partial charge in [-0.3, -0.25) is 4.98 Å². The molecule has 3 nitrogen and oxygen atoms in total. The van der Waals surface area contributed by atoms with Crippen LogP contribution in [0.4, 0.5) is 11.4 Å². The average Bonchev–Trinajstić information content (AvgIpc) is 2.73. The molecule has 1 N–H and O–H groups in total. The molecule has 2 aromatic rings. The number of anilines is 2. The number of hydrogen-bond donors (Lipinski definition) is 1. The van der Waals surface area contributed by atoms with Gasteiger partial charge in [-0.2, -0.15) is 0 Å². The Bertz CT molecular complexity index is 496. The van der Waals surface area contributed by atoms with E-state index in [4.69, 9.17) is 11.6 Å². The summed E-state index contributed by atoms with van der Waals surface area (Å²) in [5.41, 5.74) is 2.16. The molecule has 90 valence electrons. The van der Waals surface area contributed by atoms with Crippen LogP contribution in [0.2, 0.25) is 4.34 Å². The molecular weight excluding hydrogens is 254 g/mol. The summed E-state index contributed by atoms with van der Waals surface area (Å²) in [4.78, 5) is 7.41. The quantitative estimate of drug-likeness (QED) is 0.919. The summed E-state index contributed by atoms with van der Waals surface area (Å²) in [6.07, 6.45) is 3.63. The minimum atomic E-state index is 0.768. The van der Waals surface area contributed by atoms with Crippen LogP contribution in [0.25, 0.3) is 0 Å². The van der Waals surface area contributed by atoms with Gasteiger partial charge in [-0.05, 0) is 18.2 Å². The van der Waals surface area contributed by atoms with Gasteiger partial charge in [-0.25, -0.2) is 0 Å². The lowest BCUT2D eigenvalue weighted by Crippen LogP contribution is -2.12. The van der Waals surface area contributed by atoms with Crippen LogP contribution in [0.3, 0.4) is 0 Å². The Kier molecular flexibility index (Phi) is 3.86. The van der Waals surface area contributed by atoms with Gasteiger partial charge >= 0.3 is 0 Å². The molecule has 5 heteroatoms. The molecule has 0 bridgehead atoms. The van der Waals surface area contributed by atoms with Crippen molar-refractivity contribution >= 4 is 34.3 Å². The molecular formula is C12H14ClN3S. The van der Waals surface area contributed by atoms with Gasteiger partial charge in [0, 0.05) is 31.7 Å². The van der Waals surface area contributed by atoms with E-state index in [2.05, 4.69) is 15.2 Å². The number of nitrogens with zero attached hydrogens (tertiary/aromatic N) is 2. The molecule has 0 fully saturated rings. The van der Waals surface area contributed by atoms with Crippen LogP contribution in [-0.4, -0.2) is 19.1 Å². The molecule has 0 spiro atoms. The summed E-state index contributed by atoms with van der Waals surface area (Å²) < 4.78 is 0.820. The van der Waals surface area contributed by atoms with Crippen LogP contribution in [-0.2, 0) is 6.54 Å². The highest BCUT2D eigenvalue weighted by molar-refractivity contribution is 7.16. The maximum atomic E-state index is 5.89. The Hall–Kier alpha value is -1.26. The lowest BCUT2D eigenvalue weighted by Gasteiger charge is -2.17. The number of hydrogen-bond acceptors (Lipinski definition) is 4. The minimum absolute atomic E-state index is 0.768. The van der Waals surface area contributed by atoms with Crippen molar-refractivity contribution in [2.24, 2.45) is 0 Å². The summed E-state index contributed by atoms with van der Waals surface area (Å²) in [7, 11) is 4.03. The van der Waals surface area contributed by atoms with E-state index in [0.29, 0.717) is 0 Å². The van der Waals surface area contributed by atoms with Crippen LogP contribution >= 0.6 is 22.9 Å². The van der Waals surface area contributed by atoms with Crippen molar-refractivity contribution < 1.29 is 0 Å². The average molecular weight is 268 g/mol. The van der Waals surface area contributed by atoms with Crippen LogP contribution in [0, 0.1) is 0 Å². The molecule has 0 amide bonds. The summed E-state index contributed by atoms with van der Waals surface area (Å²) in [5, 5.41) is 3.37. The third-order valence-corrected chi connectivity index (χ3v) is 3.59. The molecule has 0 saturated carbocycles.